The van der Waals surface area contributed by atoms with Crippen LogP contribution in [0.3, 0.4) is 0 Å². The zero-order valence-corrected chi connectivity index (χ0v) is 12.1. The van der Waals surface area contributed by atoms with E-state index in [9.17, 15) is 10.1 Å². The molecule has 18 heavy (non-hydrogen) atoms. The van der Waals surface area contributed by atoms with Gasteiger partial charge in [-0.05, 0) is 46.8 Å². The Labute approximate surface area is 115 Å². The molecule has 0 aromatic carbocycles. The normalized spacial score (nSPS) is 26.0. The second-order valence-electron chi connectivity index (χ2n) is 5.60. The topological polar surface area (TPSA) is 53.8 Å². The van der Waals surface area contributed by atoms with Gasteiger partial charge in [0.25, 0.3) is 0 Å². The van der Waals surface area contributed by atoms with Crippen molar-refractivity contribution in [1.82, 2.24) is 4.98 Å². The molecule has 1 fully saturated rings. The van der Waals surface area contributed by atoms with Gasteiger partial charge in [-0.2, -0.15) is 5.26 Å². The molecule has 94 valence electrons. The first-order valence-corrected chi connectivity index (χ1v) is 6.75. The number of aromatic nitrogens is 1. The van der Waals surface area contributed by atoms with Crippen molar-refractivity contribution in [2.75, 3.05) is 0 Å². The first-order chi connectivity index (χ1) is 8.39. The van der Waals surface area contributed by atoms with Crippen LogP contribution in [0.4, 0.5) is 0 Å². The predicted molar refractivity (Wildman–Crippen MR) is 71.7 cm³/mol. The molecular formula is C14H15BrN2O. The van der Waals surface area contributed by atoms with Crippen LogP contribution in [0.5, 0.6) is 0 Å². The van der Waals surface area contributed by atoms with Crippen molar-refractivity contribution >= 4 is 21.7 Å². The van der Waals surface area contributed by atoms with Gasteiger partial charge in [0.1, 0.15) is 5.41 Å². The van der Waals surface area contributed by atoms with Crippen molar-refractivity contribution in [2.45, 2.75) is 33.1 Å². The van der Waals surface area contributed by atoms with Gasteiger partial charge in [-0.25, -0.2) is 0 Å². The third-order valence-electron chi connectivity index (χ3n) is 3.71. The summed E-state index contributed by atoms with van der Waals surface area (Å²) in [6, 6.07) is 4.18. The van der Waals surface area contributed by atoms with E-state index in [0.717, 1.165) is 16.5 Å². The molecule has 0 amide bonds. The zero-order valence-electron chi connectivity index (χ0n) is 10.5. The highest BCUT2D eigenvalue weighted by atomic mass is 79.9. The number of hydrogen-bond donors (Lipinski definition) is 0. The Balaban J connectivity index is 2.32. The number of pyridine rings is 1. The summed E-state index contributed by atoms with van der Waals surface area (Å²) in [5.41, 5.74) is -0.321. The molecule has 1 aromatic rings. The molecule has 1 atom stereocenters. The van der Waals surface area contributed by atoms with Gasteiger partial charge in [0.05, 0.1) is 6.07 Å². The van der Waals surface area contributed by atoms with Crippen LogP contribution in [0.1, 0.15) is 32.3 Å². The lowest BCUT2D eigenvalue weighted by Crippen LogP contribution is -2.33. The number of nitriles is 1. The minimum Gasteiger partial charge on any atom is -0.297 e. The summed E-state index contributed by atoms with van der Waals surface area (Å²) in [6.07, 6.45) is 5.30. The van der Waals surface area contributed by atoms with Crippen molar-refractivity contribution in [3.05, 3.63) is 28.5 Å². The van der Waals surface area contributed by atoms with E-state index in [1.807, 2.05) is 19.9 Å². The Morgan fingerprint density at radius 1 is 1.44 bits per heavy atom. The molecule has 1 saturated carbocycles. The quantitative estimate of drug-likeness (QED) is 0.842. The van der Waals surface area contributed by atoms with E-state index in [-0.39, 0.29) is 11.2 Å². The molecule has 0 radical (unpaired) electrons. The molecule has 0 N–H and O–H groups in total. The minimum absolute atomic E-state index is 0.0671. The standard InChI is InChI=1S/C14H15BrN2O/c1-13(2)3-4-14(9-16,12(13)18)6-10-5-11(15)8-17-7-10/h5,7-8H,3-4,6H2,1-2H3. The van der Waals surface area contributed by atoms with Crippen LogP contribution in [0.2, 0.25) is 0 Å². The molecule has 0 bridgehead atoms. The molecule has 0 aliphatic heterocycles. The smallest absolute Gasteiger partial charge is 0.158 e. The van der Waals surface area contributed by atoms with Crippen LogP contribution < -0.4 is 0 Å². The highest BCUT2D eigenvalue weighted by Crippen LogP contribution is 2.47. The Kier molecular flexibility index (Phi) is 3.29. The Morgan fingerprint density at radius 3 is 2.67 bits per heavy atom. The summed E-state index contributed by atoms with van der Waals surface area (Å²) in [7, 11) is 0. The second kappa shape index (κ2) is 4.47. The number of carbonyl (C=O) groups excluding carboxylic acids is 1. The molecule has 1 aromatic heterocycles. The first-order valence-electron chi connectivity index (χ1n) is 5.95. The van der Waals surface area contributed by atoms with Crippen LogP contribution in [-0.4, -0.2) is 10.8 Å². The van der Waals surface area contributed by atoms with Crippen molar-refractivity contribution in [2.24, 2.45) is 10.8 Å². The molecule has 4 heteroatoms. The van der Waals surface area contributed by atoms with Crippen LogP contribution >= 0.6 is 15.9 Å². The van der Waals surface area contributed by atoms with Crippen molar-refractivity contribution in [3.8, 4) is 6.07 Å². The van der Waals surface area contributed by atoms with Crippen LogP contribution in [0.25, 0.3) is 0 Å². The van der Waals surface area contributed by atoms with Gasteiger partial charge in [-0.15, -0.1) is 0 Å². The van der Waals surface area contributed by atoms with Gasteiger partial charge in [0.15, 0.2) is 5.78 Å². The fourth-order valence-electron chi connectivity index (χ4n) is 2.62. The molecule has 1 aliphatic rings. The highest BCUT2D eigenvalue weighted by molar-refractivity contribution is 9.10. The van der Waals surface area contributed by atoms with Gasteiger partial charge in [-0.3, -0.25) is 9.78 Å². The van der Waals surface area contributed by atoms with Gasteiger partial charge in [0, 0.05) is 22.3 Å². The number of nitrogens with zero attached hydrogens (tertiary/aromatic N) is 2. The lowest BCUT2D eigenvalue weighted by Gasteiger charge is -2.22. The number of ketones is 1. The third-order valence-corrected chi connectivity index (χ3v) is 4.14. The molecule has 1 heterocycles. The molecular weight excluding hydrogens is 292 g/mol. The largest absolute Gasteiger partial charge is 0.297 e. The molecule has 1 aliphatic carbocycles. The molecule has 0 saturated heterocycles. The molecule has 1 unspecified atom stereocenters. The Morgan fingerprint density at radius 2 is 2.17 bits per heavy atom. The van der Waals surface area contributed by atoms with Gasteiger partial charge >= 0.3 is 0 Å². The average molecular weight is 307 g/mol. The van der Waals surface area contributed by atoms with E-state index in [2.05, 4.69) is 27.0 Å². The summed E-state index contributed by atoms with van der Waals surface area (Å²) in [6.45, 7) is 3.85. The fraction of sp³-hybridized carbons (Fsp3) is 0.500. The lowest BCUT2D eigenvalue weighted by atomic mass is 9.77. The fourth-order valence-corrected chi connectivity index (χ4v) is 3.03. The highest BCUT2D eigenvalue weighted by Gasteiger charge is 2.52. The molecule has 0 spiro atoms. The van der Waals surface area contributed by atoms with Gasteiger partial charge < -0.3 is 0 Å². The van der Waals surface area contributed by atoms with Crippen LogP contribution in [-0.2, 0) is 11.2 Å². The van der Waals surface area contributed by atoms with E-state index < -0.39 is 5.41 Å². The van der Waals surface area contributed by atoms with Crippen molar-refractivity contribution < 1.29 is 4.79 Å². The maximum Gasteiger partial charge on any atom is 0.158 e. The van der Waals surface area contributed by atoms with E-state index in [1.165, 1.54) is 0 Å². The van der Waals surface area contributed by atoms with Gasteiger partial charge in [-0.1, -0.05) is 13.8 Å². The number of hydrogen-bond acceptors (Lipinski definition) is 3. The summed E-state index contributed by atoms with van der Waals surface area (Å²) in [4.78, 5) is 16.5. The SMILES string of the molecule is CC1(C)CCC(C#N)(Cc2cncc(Br)c2)C1=O. The number of rotatable bonds is 2. The van der Waals surface area contributed by atoms with Gasteiger partial charge in [0.2, 0.25) is 0 Å². The van der Waals surface area contributed by atoms with Crippen LogP contribution in [0, 0.1) is 22.2 Å². The van der Waals surface area contributed by atoms with E-state index in [1.54, 1.807) is 12.4 Å². The van der Waals surface area contributed by atoms with E-state index in [4.69, 9.17) is 0 Å². The Bertz CT molecular complexity index is 533. The molecule has 3 nitrogen and oxygen atoms in total. The van der Waals surface area contributed by atoms with Crippen LogP contribution in [0.15, 0.2) is 22.9 Å². The maximum absolute atomic E-state index is 12.4. The zero-order chi connectivity index (χ0) is 13.4. The number of carbonyl (C=O) groups is 1. The van der Waals surface area contributed by atoms with E-state index >= 15 is 0 Å². The summed E-state index contributed by atoms with van der Waals surface area (Å²) in [5, 5.41) is 9.45. The lowest BCUT2D eigenvalue weighted by molar-refractivity contribution is -0.130. The van der Waals surface area contributed by atoms with Crippen molar-refractivity contribution in [3.63, 3.8) is 0 Å². The average Bonchev–Trinajstić information content (AvgIpc) is 2.54. The van der Waals surface area contributed by atoms with Crippen molar-refractivity contribution in [1.29, 1.82) is 5.26 Å². The molecule has 2 rings (SSSR count). The Hall–Kier alpha value is -1.21. The second-order valence-corrected chi connectivity index (χ2v) is 6.51. The maximum atomic E-state index is 12.4. The first kappa shape index (κ1) is 13.2. The predicted octanol–water partition coefficient (Wildman–Crippen LogP) is 3.29. The van der Waals surface area contributed by atoms with E-state index in [0.29, 0.717) is 12.8 Å². The third kappa shape index (κ3) is 2.20. The number of halogens is 1. The summed E-state index contributed by atoms with van der Waals surface area (Å²) < 4.78 is 0.873. The summed E-state index contributed by atoms with van der Waals surface area (Å²) >= 11 is 3.36. The minimum atomic E-state index is -0.869. The number of Topliss-reactive ketones (excluding diaryl/α,β-unsaturated/α-hetero) is 1. The monoisotopic (exact) mass is 306 g/mol. The summed E-state index contributed by atoms with van der Waals surface area (Å²) in [5.74, 6) is 0.0671.